The van der Waals surface area contributed by atoms with Crippen LogP contribution >= 0.6 is 11.3 Å². The van der Waals surface area contributed by atoms with Crippen molar-refractivity contribution in [1.82, 2.24) is 4.57 Å². The van der Waals surface area contributed by atoms with Crippen molar-refractivity contribution in [3.63, 3.8) is 0 Å². The molecule has 0 radical (unpaired) electrons. The van der Waals surface area contributed by atoms with E-state index >= 15 is 0 Å². The van der Waals surface area contributed by atoms with Crippen molar-refractivity contribution >= 4 is 87.4 Å². The number of benzene rings is 11. The maximum Gasteiger partial charge on any atom is 0.0562 e. The smallest absolute Gasteiger partial charge is 0.0562 e. The summed E-state index contributed by atoms with van der Waals surface area (Å²) in [6.45, 7) is 0. The Labute approximate surface area is 411 Å². The maximum atomic E-state index is 2.44. The number of hydrogen-bond donors (Lipinski definition) is 0. The number of fused-ring (bicyclic) bond motifs is 7. The van der Waals surface area contributed by atoms with Gasteiger partial charge in [-0.15, -0.1) is 11.3 Å². The molecule has 13 rings (SSSR count). The third-order valence-electron chi connectivity index (χ3n) is 13.5. The second-order valence-electron chi connectivity index (χ2n) is 17.7. The van der Waals surface area contributed by atoms with E-state index in [2.05, 4.69) is 287 Å². The number of hydrogen-bond acceptors (Lipinski definition) is 3. The van der Waals surface area contributed by atoms with E-state index in [1.54, 1.807) is 0 Å². The molecule has 0 N–H and O–H groups in total. The Morgan fingerprint density at radius 1 is 0.286 bits per heavy atom. The zero-order valence-electron chi connectivity index (χ0n) is 38.2. The van der Waals surface area contributed by atoms with Crippen LogP contribution in [0.15, 0.2) is 273 Å². The molecule has 2 aromatic heterocycles. The van der Waals surface area contributed by atoms with Crippen molar-refractivity contribution in [3.8, 4) is 39.1 Å². The molecule has 2 heterocycles. The van der Waals surface area contributed by atoms with Gasteiger partial charge in [-0.3, -0.25) is 0 Å². The van der Waals surface area contributed by atoms with Gasteiger partial charge in [0.25, 0.3) is 0 Å². The first kappa shape index (κ1) is 41.2. The van der Waals surface area contributed by atoms with Crippen LogP contribution in [0.2, 0.25) is 0 Å². The van der Waals surface area contributed by atoms with Gasteiger partial charge >= 0.3 is 0 Å². The molecule has 0 unspecified atom stereocenters. The van der Waals surface area contributed by atoms with Gasteiger partial charge in [-0.1, -0.05) is 176 Å². The molecule has 0 aliphatic heterocycles. The molecule has 0 bridgehead atoms. The van der Waals surface area contributed by atoms with E-state index in [1.807, 2.05) is 11.3 Å². The molecule has 3 nitrogen and oxygen atoms in total. The summed E-state index contributed by atoms with van der Waals surface area (Å²) in [4.78, 5) is 4.79. The van der Waals surface area contributed by atoms with E-state index < -0.39 is 0 Å². The van der Waals surface area contributed by atoms with Crippen molar-refractivity contribution in [2.75, 3.05) is 9.80 Å². The third kappa shape index (κ3) is 7.30. The molecule has 11 aromatic carbocycles. The van der Waals surface area contributed by atoms with Gasteiger partial charge in [0.15, 0.2) is 0 Å². The molecule has 0 atom stereocenters. The molecule has 330 valence electrons. The molecule has 70 heavy (non-hydrogen) atoms. The minimum absolute atomic E-state index is 1.07. The van der Waals surface area contributed by atoms with Gasteiger partial charge in [0.05, 0.1) is 16.7 Å². The van der Waals surface area contributed by atoms with Gasteiger partial charge in [-0.05, 0) is 125 Å². The Kier molecular flexibility index (Phi) is 10.4. The van der Waals surface area contributed by atoms with Crippen LogP contribution in [0.5, 0.6) is 0 Å². The molecule has 4 heteroatoms. The van der Waals surface area contributed by atoms with Crippen LogP contribution in [0.3, 0.4) is 0 Å². The molecule has 0 spiro atoms. The van der Waals surface area contributed by atoms with Gasteiger partial charge in [-0.25, -0.2) is 0 Å². The lowest BCUT2D eigenvalue weighted by atomic mass is 9.99. The first-order valence-electron chi connectivity index (χ1n) is 23.8. The van der Waals surface area contributed by atoms with E-state index in [0.717, 1.165) is 50.9 Å². The number of para-hydroxylation sites is 3. The van der Waals surface area contributed by atoms with E-state index in [4.69, 9.17) is 0 Å². The summed E-state index contributed by atoms with van der Waals surface area (Å²) < 4.78 is 5.06. The molecular formula is C66H45N3S. The highest BCUT2D eigenvalue weighted by Crippen LogP contribution is 2.47. The SMILES string of the molecule is c1ccc(-c2cccc(N(c3cccc(-c4ccccc4)c3)c3ccccc3-c3ccc(N(c4ccccc4)c4ccc5c6c7c(ccc6n(-c6ccccc6)c5c4)sc4ccccc47)cc3)c2)cc1. The van der Waals surface area contributed by atoms with Crippen LogP contribution < -0.4 is 9.80 Å². The van der Waals surface area contributed by atoms with E-state index in [9.17, 15) is 0 Å². The summed E-state index contributed by atoms with van der Waals surface area (Å²) in [7, 11) is 0. The highest BCUT2D eigenvalue weighted by atomic mass is 32.1. The van der Waals surface area contributed by atoms with Crippen molar-refractivity contribution in [1.29, 1.82) is 0 Å². The Hall–Kier alpha value is -8.96. The van der Waals surface area contributed by atoms with Crippen LogP contribution in [0.4, 0.5) is 34.1 Å². The van der Waals surface area contributed by atoms with Crippen LogP contribution in [0.25, 0.3) is 81.0 Å². The van der Waals surface area contributed by atoms with Gasteiger partial charge in [0.2, 0.25) is 0 Å². The molecular weight excluding hydrogens is 867 g/mol. The van der Waals surface area contributed by atoms with Crippen LogP contribution in [0, 0.1) is 0 Å². The van der Waals surface area contributed by atoms with E-state index in [-0.39, 0.29) is 0 Å². The first-order chi connectivity index (χ1) is 34.7. The lowest BCUT2D eigenvalue weighted by Crippen LogP contribution is -2.12. The highest BCUT2D eigenvalue weighted by molar-refractivity contribution is 7.26. The third-order valence-corrected chi connectivity index (χ3v) is 14.7. The molecule has 13 aromatic rings. The predicted molar refractivity (Wildman–Crippen MR) is 299 cm³/mol. The molecule has 0 saturated carbocycles. The van der Waals surface area contributed by atoms with E-state index in [0.29, 0.717) is 0 Å². The zero-order valence-corrected chi connectivity index (χ0v) is 39.0. The summed E-state index contributed by atoms with van der Waals surface area (Å²) in [6.07, 6.45) is 0. The second kappa shape index (κ2) is 17.6. The van der Waals surface area contributed by atoms with Crippen molar-refractivity contribution in [3.05, 3.63) is 273 Å². The average Bonchev–Trinajstić information content (AvgIpc) is 3.98. The molecule has 0 saturated heterocycles. The van der Waals surface area contributed by atoms with Gasteiger partial charge in [0, 0.05) is 70.6 Å². The fourth-order valence-electron chi connectivity index (χ4n) is 10.4. The van der Waals surface area contributed by atoms with Crippen molar-refractivity contribution in [2.24, 2.45) is 0 Å². The number of thiophene rings is 1. The van der Waals surface area contributed by atoms with Crippen molar-refractivity contribution < 1.29 is 0 Å². The maximum absolute atomic E-state index is 2.44. The number of nitrogens with zero attached hydrogens (tertiary/aromatic N) is 3. The lowest BCUT2D eigenvalue weighted by molar-refractivity contribution is 1.18. The van der Waals surface area contributed by atoms with Gasteiger partial charge < -0.3 is 14.4 Å². The summed E-state index contributed by atoms with van der Waals surface area (Å²) in [5.74, 6) is 0. The first-order valence-corrected chi connectivity index (χ1v) is 24.6. The largest absolute Gasteiger partial charge is 0.310 e. The Bertz CT molecular complexity index is 3910. The molecule has 0 aliphatic rings. The number of rotatable bonds is 10. The minimum atomic E-state index is 1.07. The summed E-state index contributed by atoms with van der Waals surface area (Å²) >= 11 is 1.87. The highest BCUT2D eigenvalue weighted by Gasteiger charge is 2.22. The normalized spacial score (nSPS) is 11.4. The topological polar surface area (TPSA) is 11.4 Å². The van der Waals surface area contributed by atoms with Crippen LogP contribution in [0.1, 0.15) is 0 Å². The number of aromatic nitrogens is 1. The monoisotopic (exact) mass is 911 g/mol. The van der Waals surface area contributed by atoms with Crippen LogP contribution in [-0.2, 0) is 0 Å². The quantitative estimate of drug-likeness (QED) is 0.135. The average molecular weight is 912 g/mol. The van der Waals surface area contributed by atoms with Gasteiger partial charge in [0.1, 0.15) is 0 Å². The van der Waals surface area contributed by atoms with Gasteiger partial charge in [-0.2, -0.15) is 0 Å². The standard InChI is InChI=1S/C66H45N3S/c1-5-19-46(20-6-1)49-23-17-29-54(43-49)68(55-30-18-24-50(44-55)47-21-7-2-8-22-47)60-33-15-13-31-57(60)48-35-37-53(38-36-48)67(51-25-9-3-10-26-51)56-39-40-58-62(45-56)69(52-27-11-4-12-28-52)61-41-42-64-66(65(58)61)59-32-14-16-34-63(59)70-64/h1-45H. The second-order valence-corrected chi connectivity index (χ2v) is 18.8. The molecule has 0 fully saturated rings. The number of anilines is 6. The van der Waals surface area contributed by atoms with Crippen LogP contribution in [-0.4, -0.2) is 4.57 Å². The summed E-state index contributed by atoms with van der Waals surface area (Å²) in [6, 6.07) is 99.0. The van der Waals surface area contributed by atoms with Crippen molar-refractivity contribution in [2.45, 2.75) is 0 Å². The lowest BCUT2D eigenvalue weighted by Gasteiger charge is -2.29. The Morgan fingerprint density at radius 2 is 0.814 bits per heavy atom. The Morgan fingerprint density at radius 3 is 1.50 bits per heavy atom. The van der Waals surface area contributed by atoms with E-state index in [1.165, 1.54) is 64.2 Å². The summed E-state index contributed by atoms with van der Waals surface area (Å²) in [5.41, 5.74) is 17.0. The summed E-state index contributed by atoms with van der Waals surface area (Å²) in [5, 5.41) is 5.17. The molecule has 0 aliphatic carbocycles. The Balaban J connectivity index is 0.951. The fourth-order valence-corrected chi connectivity index (χ4v) is 11.5. The fraction of sp³-hybridized carbons (Fsp3) is 0. The minimum Gasteiger partial charge on any atom is -0.310 e. The molecule has 0 amide bonds. The zero-order chi connectivity index (χ0) is 46.4. The predicted octanol–water partition coefficient (Wildman–Crippen LogP) is 19.1.